The number of aromatic hydroxyl groups is 1. The normalized spacial score (nSPS) is 12.8. The molecule has 72 valence electrons. The maximum Gasteiger partial charge on any atom is 0.119 e. The van der Waals surface area contributed by atoms with Crippen LogP contribution in [0, 0.1) is 0 Å². The van der Waals surface area contributed by atoms with Gasteiger partial charge in [0.05, 0.1) is 0 Å². The zero-order valence-electron chi connectivity index (χ0n) is 8.25. The number of hydrogen-bond donors (Lipinski definition) is 2. The standard InChI is InChI=1S/C11H17NO/c1-3-10-9(7-8(2)12)5-4-6-11(10)13/h4-6,8,13H,3,7,12H2,1-2H3. The highest BCUT2D eigenvalue weighted by Gasteiger charge is 2.06. The molecule has 0 aliphatic heterocycles. The highest BCUT2D eigenvalue weighted by molar-refractivity contribution is 5.39. The Morgan fingerprint density at radius 1 is 1.46 bits per heavy atom. The molecule has 1 rings (SSSR count). The molecule has 0 fully saturated rings. The van der Waals surface area contributed by atoms with Gasteiger partial charge in [-0.15, -0.1) is 0 Å². The van der Waals surface area contributed by atoms with Crippen LogP contribution in [0.5, 0.6) is 5.75 Å². The van der Waals surface area contributed by atoms with Gasteiger partial charge in [-0.3, -0.25) is 0 Å². The lowest BCUT2D eigenvalue weighted by molar-refractivity contribution is 0.467. The molecule has 0 heterocycles. The van der Waals surface area contributed by atoms with Gasteiger partial charge in [0, 0.05) is 6.04 Å². The Morgan fingerprint density at radius 2 is 2.15 bits per heavy atom. The molecule has 2 heteroatoms. The van der Waals surface area contributed by atoms with E-state index < -0.39 is 0 Å². The van der Waals surface area contributed by atoms with Gasteiger partial charge in [0.25, 0.3) is 0 Å². The highest BCUT2D eigenvalue weighted by Crippen LogP contribution is 2.22. The molecule has 3 N–H and O–H groups in total. The van der Waals surface area contributed by atoms with E-state index in [1.807, 2.05) is 26.0 Å². The third-order valence-electron chi connectivity index (χ3n) is 2.14. The first-order chi connectivity index (χ1) is 6.15. The van der Waals surface area contributed by atoms with Crippen molar-refractivity contribution in [2.24, 2.45) is 5.73 Å². The highest BCUT2D eigenvalue weighted by atomic mass is 16.3. The minimum absolute atomic E-state index is 0.145. The molecule has 0 bridgehead atoms. The number of nitrogens with two attached hydrogens (primary N) is 1. The molecule has 2 nitrogen and oxygen atoms in total. The molecule has 0 spiro atoms. The van der Waals surface area contributed by atoms with Crippen LogP contribution in [0.15, 0.2) is 18.2 Å². The molecule has 1 aromatic carbocycles. The van der Waals surface area contributed by atoms with Crippen molar-refractivity contribution in [1.29, 1.82) is 0 Å². The predicted octanol–water partition coefficient (Wildman–Crippen LogP) is 1.84. The van der Waals surface area contributed by atoms with Gasteiger partial charge >= 0.3 is 0 Å². The van der Waals surface area contributed by atoms with E-state index in [0.29, 0.717) is 5.75 Å². The van der Waals surface area contributed by atoms with Crippen LogP contribution in [0.2, 0.25) is 0 Å². The maximum absolute atomic E-state index is 9.56. The molecule has 0 amide bonds. The zero-order valence-corrected chi connectivity index (χ0v) is 8.25. The first-order valence-corrected chi connectivity index (χ1v) is 4.70. The topological polar surface area (TPSA) is 46.2 Å². The molecule has 1 aromatic rings. The van der Waals surface area contributed by atoms with Gasteiger partial charge in [-0.2, -0.15) is 0 Å². The summed E-state index contributed by atoms with van der Waals surface area (Å²) in [6.07, 6.45) is 1.69. The molecule has 0 radical (unpaired) electrons. The Hall–Kier alpha value is -1.02. The zero-order chi connectivity index (χ0) is 9.84. The molecule has 0 saturated carbocycles. The summed E-state index contributed by atoms with van der Waals surface area (Å²) in [5.74, 6) is 0.389. The Kier molecular flexibility index (Phi) is 3.32. The summed E-state index contributed by atoms with van der Waals surface area (Å²) in [6, 6.07) is 5.77. The van der Waals surface area contributed by atoms with Crippen LogP contribution in [0.25, 0.3) is 0 Å². The van der Waals surface area contributed by atoms with Crippen LogP contribution in [0.1, 0.15) is 25.0 Å². The van der Waals surface area contributed by atoms with Crippen LogP contribution in [-0.2, 0) is 12.8 Å². The van der Waals surface area contributed by atoms with Crippen molar-refractivity contribution in [3.05, 3.63) is 29.3 Å². The molecule has 13 heavy (non-hydrogen) atoms. The summed E-state index contributed by atoms with van der Waals surface area (Å²) < 4.78 is 0. The fourth-order valence-corrected chi connectivity index (χ4v) is 1.57. The molecule has 0 aliphatic carbocycles. The van der Waals surface area contributed by atoms with Crippen molar-refractivity contribution >= 4 is 0 Å². The quantitative estimate of drug-likeness (QED) is 0.743. The maximum atomic E-state index is 9.56. The smallest absolute Gasteiger partial charge is 0.119 e. The molecule has 1 unspecified atom stereocenters. The third-order valence-corrected chi connectivity index (χ3v) is 2.14. The Morgan fingerprint density at radius 3 is 2.69 bits per heavy atom. The van der Waals surface area contributed by atoms with Gasteiger partial charge in [0.2, 0.25) is 0 Å². The van der Waals surface area contributed by atoms with Crippen molar-refractivity contribution in [2.45, 2.75) is 32.7 Å². The van der Waals surface area contributed by atoms with E-state index in [9.17, 15) is 5.11 Å². The summed E-state index contributed by atoms with van der Waals surface area (Å²) >= 11 is 0. The lowest BCUT2D eigenvalue weighted by atomic mass is 9.99. The van der Waals surface area contributed by atoms with E-state index in [4.69, 9.17) is 5.73 Å². The fourth-order valence-electron chi connectivity index (χ4n) is 1.57. The van der Waals surface area contributed by atoms with Crippen molar-refractivity contribution < 1.29 is 5.11 Å². The number of phenols is 1. The number of hydrogen-bond acceptors (Lipinski definition) is 2. The van der Waals surface area contributed by atoms with Crippen molar-refractivity contribution in [1.82, 2.24) is 0 Å². The lowest BCUT2D eigenvalue weighted by Crippen LogP contribution is -2.18. The van der Waals surface area contributed by atoms with Gasteiger partial charge in [-0.05, 0) is 37.0 Å². The van der Waals surface area contributed by atoms with Crippen molar-refractivity contribution in [3.63, 3.8) is 0 Å². The Balaban J connectivity index is 2.98. The minimum Gasteiger partial charge on any atom is -0.508 e. The van der Waals surface area contributed by atoms with Crippen molar-refractivity contribution in [2.75, 3.05) is 0 Å². The fraction of sp³-hybridized carbons (Fsp3) is 0.455. The second-order valence-corrected chi connectivity index (χ2v) is 3.45. The van der Waals surface area contributed by atoms with E-state index in [1.165, 1.54) is 0 Å². The first-order valence-electron chi connectivity index (χ1n) is 4.70. The molecular weight excluding hydrogens is 162 g/mol. The molecule has 1 atom stereocenters. The predicted molar refractivity (Wildman–Crippen MR) is 54.8 cm³/mol. The van der Waals surface area contributed by atoms with E-state index in [-0.39, 0.29) is 6.04 Å². The van der Waals surface area contributed by atoms with E-state index in [1.54, 1.807) is 6.07 Å². The average Bonchev–Trinajstić information content (AvgIpc) is 2.03. The summed E-state index contributed by atoms with van der Waals surface area (Å²) in [5.41, 5.74) is 7.91. The average molecular weight is 179 g/mol. The van der Waals surface area contributed by atoms with E-state index in [2.05, 4.69) is 0 Å². The lowest BCUT2D eigenvalue weighted by Gasteiger charge is -2.11. The Labute approximate surface area is 79.4 Å². The Bertz CT molecular complexity index is 281. The number of benzene rings is 1. The van der Waals surface area contributed by atoms with Crippen molar-refractivity contribution in [3.8, 4) is 5.75 Å². The first kappa shape index (κ1) is 10.1. The van der Waals surface area contributed by atoms with Gasteiger partial charge in [-0.25, -0.2) is 0 Å². The molecule has 0 aliphatic rings. The van der Waals surface area contributed by atoms with Gasteiger partial charge < -0.3 is 10.8 Å². The second-order valence-electron chi connectivity index (χ2n) is 3.45. The molecular formula is C11H17NO. The summed E-state index contributed by atoms with van der Waals surface area (Å²) in [4.78, 5) is 0. The van der Waals surface area contributed by atoms with Crippen LogP contribution in [-0.4, -0.2) is 11.1 Å². The van der Waals surface area contributed by atoms with Gasteiger partial charge in [-0.1, -0.05) is 19.1 Å². The third kappa shape index (κ3) is 2.46. The number of rotatable bonds is 3. The van der Waals surface area contributed by atoms with Crippen LogP contribution >= 0.6 is 0 Å². The molecule has 0 aromatic heterocycles. The van der Waals surface area contributed by atoms with Crippen LogP contribution in [0.4, 0.5) is 0 Å². The largest absolute Gasteiger partial charge is 0.508 e. The van der Waals surface area contributed by atoms with Crippen LogP contribution in [0.3, 0.4) is 0 Å². The molecule has 0 saturated heterocycles. The summed E-state index contributed by atoms with van der Waals surface area (Å²) in [5, 5.41) is 9.56. The van der Waals surface area contributed by atoms with Gasteiger partial charge in [0.15, 0.2) is 0 Å². The number of phenolic OH excluding ortho intramolecular Hbond substituents is 1. The van der Waals surface area contributed by atoms with Crippen LogP contribution < -0.4 is 5.73 Å². The summed E-state index contributed by atoms with van der Waals surface area (Å²) in [7, 11) is 0. The van der Waals surface area contributed by atoms with Gasteiger partial charge in [0.1, 0.15) is 5.75 Å². The second kappa shape index (κ2) is 4.28. The minimum atomic E-state index is 0.145. The van der Waals surface area contributed by atoms with E-state index in [0.717, 1.165) is 24.0 Å². The van der Waals surface area contributed by atoms with E-state index >= 15 is 0 Å². The SMILES string of the molecule is CCc1c(O)cccc1CC(C)N. The monoisotopic (exact) mass is 179 g/mol. The summed E-state index contributed by atoms with van der Waals surface area (Å²) in [6.45, 7) is 4.02.